The lowest BCUT2D eigenvalue weighted by Gasteiger charge is -2.14. The second kappa shape index (κ2) is 8.24. The molecule has 0 aliphatic rings. The number of carboxylic acid groups (broad SMARTS) is 1. The molecule has 1 amide bonds. The Hall–Kier alpha value is -3.23. The Bertz CT molecular complexity index is 778. The van der Waals surface area contributed by atoms with Crippen LogP contribution in [-0.2, 0) is 11.3 Å². The molecular weight excluding hydrogens is 355 g/mol. The van der Waals surface area contributed by atoms with E-state index in [1.807, 2.05) is 0 Å². The van der Waals surface area contributed by atoms with Crippen molar-refractivity contribution in [2.24, 2.45) is 0 Å². The fourth-order valence-corrected chi connectivity index (χ4v) is 1.92. The summed E-state index contributed by atoms with van der Waals surface area (Å²) < 4.78 is 46.5. The van der Waals surface area contributed by atoms with E-state index in [0.29, 0.717) is 5.56 Å². The monoisotopic (exact) mass is 369 g/mol. The molecule has 2 rings (SSSR count). The van der Waals surface area contributed by atoms with Gasteiger partial charge in [0.2, 0.25) is 0 Å². The molecule has 0 aliphatic heterocycles. The van der Waals surface area contributed by atoms with Crippen LogP contribution in [0.5, 0.6) is 5.75 Å². The van der Waals surface area contributed by atoms with E-state index in [-0.39, 0.29) is 23.6 Å². The van der Waals surface area contributed by atoms with Gasteiger partial charge in [-0.15, -0.1) is 0 Å². The number of halogens is 3. The Morgan fingerprint density at radius 2 is 1.77 bits per heavy atom. The number of ether oxygens (including phenoxy) is 2. The van der Waals surface area contributed by atoms with E-state index in [1.54, 1.807) is 30.3 Å². The zero-order valence-corrected chi connectivity index (χ0v) is 13.2. The van der Waals surface area contributed by atoms with Gasteiger partial charge in [-0.25, -0.2) is 9.59 Å². The summed E-state index contributed by atoms with van der Waals surface area (Å²) in [5.41, 5.74) is 0.227. The second-order valence-electron chi connectivity index (χ2n) is 5.11. The SMILES string of the molecule is O=C(Nc1cc(C(=O)O)ccc1OCC(F)(F)F)OCc1ccccc1. The van der Waals surface area contributed by atoms with E-state index >= 15 is 0 Å². The van der Waals surface area contributed by atoms with Crippen LogP contribution in [-0.4, -0.2) is 30.0 Å². The maximum absolute atomic E-state index is 12.3. The van der Waals surface area contributed by atoms with Crippen LogP contribution >= 0.6 is 0 Å². The Kier molecular flexibility index (Phi) is 6.05. The molecule has 26 heavy (non-hydrogen) atoms. The molecule has 2 aromatic carbocycles. The predicted octanol–water partition coefficient (Wildman–Crippen LogP) is 4.07. The normalized spacial score (nSPS) is 10.9. The minimum absolute atomic E-state index is 0.0654. The number of rotatable bonds is 6. The smallest absolute Gasteiger partial charge is 0.422 e. The maximum Gasteiger partial charge on any atom is 0.422 e. The van der Waals surface area contributed by atoms with Crippen LogP contribution in [0.4, 0.5) is 23.7 Å². The van der Waals surface area contributed by atoms with Gasteiger partial charge in [-0.2, -0.15) is 13.2 Å². The van der Waals surface area contributed by atoms with Crippen LogP contribution < -0.4 is 10.1 Å². The van der Waals surface area contributed by atoms with E-state index in [1.165, 1.54) is 0 Å². The summed E-state index contributed by atoms with van der Waals surface area (Å²) in [4.78, 5) is 22.9. The molecule has 0 radical (unpaired) electrons. The minimum atomic E-state index is -4.59. The van der Waals surface area contributed by atoms with Gasteiger partial charge in [0.05, 0.1) is 11.3 Å². The van der Waals surface area contributed by atoms with Crippen molar-refractivity contribution in [2.75, 3.05) is 11.9 Å². The van der Waals surface area contributed by atoms with Gasteiger partial charge in [-0.3, -0.25) is 5.32 Å². The number of amides is 1. The van der Waals surface area contributed by atoms with Gasteiger partial charge in [0, 0.05) is 0 Å². The van der Waals surface area contributed by atoms with Crippen molar-refractivity contribution in [3.05, 3.63) is 59.7 Å². The molecule has 0 saturated heterocycles. The quantitative estimate of drug-likeness (QED) is 0.802. The number of hydrogen-bond donors (Lipinski definition) is 2. The molecule has 0 saturated carbocycles. The van der Waals surface area contributed by atoms with Crippen molar-refractivity contribution in [1.82, 2.24) is 0 Å². The number of alkyl halides is 3. The third kappa shape index (κ3) is 6.00. The highest BCUT2D eigenvalue weighted by molar-refractivity contribution is 5.93. The summed E-state index contributed by atoms with van der Waals surface area (Å²) in [7, 11) is 0. The number of carboxylic acids is 1. The third-order valence-electron chi connectivity index (χ3n) is 3.07. The first-order valence-electron chi connectivity index (χ1n) is 7.29. The standard InChI is InChI=1S/C17H14F3NO5/c18-17(19,20)10-26-14-7-6-12(15(22)23)8-13(14)21-16(24)25-9-11-4-2-1-3-5-11/h1-8H,9-10H2,(H,21,24)(H,22,23). The second-order valence-corrected chi connectivity index (χ2v) is 5.11. The van der Waals surface area contributed by atoms with Gasteiger partial charge >= 0.3 is 18.2 Å². The maximum atomic E-state index is 12.3. The number of nitrogens with one attached hydrogen (secondary N) is 1. The van der Waals surface area contributed by atoms with Gasteiger partial charge in [0.15, 0.2) is 6.61 Å². The van der Waals surface area contributed by atoms with Crippen molar-refractivity contribution in [1.29, 1.82) is 0 Å². The molecule has 6 nitrogen and oxygen atoms in total. The van der Waals surface area contributed by atoms with Crippen molar-refractivity contribution in [3.63, 3.8) is 0 Å². The molecule has 2 aromatic rings. The Morgan fingerprint density at radius 1 is 1.08 bits per heavy atom. The van der Waals surface area contributed by atoms with Gasteiger partial charge < -0.3 is 14.6 Å². The van der Waals surface area contributed by atoms with Crippen molar-refractivity contribution in [3.8, 4) is 5.75 Å². The van der Waals surface area contributed by atoms with Crippen molar-refractivity contribution >= 4 is 17.7 Å². The predicted molar refractivity (Wildman–Crippen MR) is 85.2 cm³/mol. The lowest BCUT2D eigenvalue weighted by molar-refractivity contribution is -0.153. The summed E-state index contributed by atoms with van der Waals surface area (Å²) in [6, 6.07) is 11.8. The van der Waals surface area contributed by atoms with Gasteiger partial charge in [-0.1, -0.05) is 30.3 Å². The molecule has 0 aromatic heterocycles. The molecule has 0 heterocycles. The largest absolute Gasteiger partial charge is 0.482 e. The average molecular weight is 369 g/mol. The first-order valence-corrected chi connectivity index (χ1v) is 7.29. The van der Waals surface area contributed by atoms with Gasteiger partial charge in [-0.05, 0) is 23.8 Å². The summed E-state index contributed by atoms with van der Waals surface area (Å²) in [6.07, 6.45) is -5.55. The highest BCUT2D eigenvalue weighted by Crippen LogP contribution is 2.28. The van der Waals surface area contributed by atoms with E-state index < -0.39 is 24.8 Å². The molecule has 2 N–H and O–H groups in total. The van der Waals surface area contributed by atoms with Crippen LogP contribution in [0.1, 0.15) is 15.9 Å². The zero-order valence-electron chi connectivity index (χ0n) is 13.2. The highest BCUT2D eigenvalue weighted by atomic mass is 19.4. The molecule has 0 unspecified atom stereocenters. The lowest BCUT2D eigenvalue weighted by atomic mass is 10.2. The van der Waals surface area contributed by atoms with E-state index in [4.69, 9.17) is 9.84 Å². The minimum Gasteiger partial charge on any atom is -0.482 e. The van der Waals surface area contributed by atoms with E-state index in [9.17, 15) is 22.8 Å². The Morgan fingerprint density at radius 3 is 2.38 bits per heavy atom. The molecule has 0 aliphatic carbocycles. The number of anilines is 1. The topological polar surface area (TPSA) is 84.9 Å². The first-order chi connectivity index (χ1) is 12.2. The van der Waals surface area contributed by atoms with Gasteiger partial charge in [0.1, 0.15) is 12.4 Å². The number of aromatic carboxylic acids is 1. The lowest BCUT2D eigenvalue weighted by Crippen LogP contribution is -2.21. The Labute approximate surface area is 146 Å². The van der Waals surface area contributed by atoms with Gasteiger partial charge in [0.25, 0.3) is 0 Å². The number of benzene rings is 2. The van der Waals surface area contributed by atoms with Crippen LogP contribution in [0.3, 0.4) is 0 Å². The van der Waals surface area contributed by atoms with Crippen molar-refractivity contribution in [2.45, 2.75) is 12.8 Å². The first kappa shape index (κ1) is 19.1. The molecule has 0 bridgehead atoms. The zero-order chi connectivity index (χ0) is 19.2. The third-order valence-corrected chi connectivity index (χ3v) is 3.07. The molecule has 138 valence electrons. The molecule has 0 spiro atoms. The molecule has 0 atom stereocenters. The number of carbonyl (C=O) groups is 2. The average Bonchev–Trinajstić information content (AvgIpc) is 2.59. The molecule has 9 heteroatoms. The molecule has 0 fully saturated rings. The summed E-state index contributed by atoms with van der Waals surface area (Å²) in [6.45, 7) is -1.66. The summed E-state index contributed by atoms with van der Waals surface area (Å²) in [5.74, 6) is -1.64. The fourth-order valence-electron chi connectivity index (χ4n) is 1.92. The van der Waals surface area contributed by atoms with E-state index in [0.717, 1.165) is 18.2 Å². The Balaban J connectivity index is 2.09. The fraction of sp³-hybridized carbons (Fsp3) is 0.176. The number of carbonyl (C=O) groups excluding carboxylic acids is 1. The van der Waals surface area contributed by atoms with E-state index in [2.05, 4.69) is 10.1 Å². The van der Waals surface area contributed by atoms with Crippen LogP contribution in [0.2, 0.25) is 0 Å². The van der Waals surface area contributed by atoms with Crippen molar-refractivity contribution < 1.29 is 37.3 Å². The van der Waals surface area contributed by atoms with Crippen LogP contribution in [0.15, 0.2) is 48.5 Å². The number of hydrogen-bond acceptors (Lipinski definition) is 4. The summed E-state index contributed by atoms with van der Waals surface area (Å²) >= 11 is 0. The summed E-state index contributed by atoms with van der Waals surface area (Å²) in [5, 5.41) is 11.2. The molecular formula is C17H14F3NO5. The van der Waals surface area contributed by atoms with Crippen LogP contribution in [0, 0.1) is 0 Å². The highest BCUT2D eigenvalue weighted by Gasteiger charge is 2.29. The van der Waals surface area contributed by atoms with Crippen LogP contribution in [0.25, 0.3) is 0 Å².